The van der Waals surface area contributed by atoms with Crippen LogP contribution in [0.4, 0.5) is 0 Å². The Bertz CT molecular complexity index is 281. The average Bonchev–Trinajstić information content (AvgIpc) is 2.89. The van der Waals surface area contributed by atoms with E-state index in [1.165, 1.54) is 12.8 Å². The van der Waals surface area contributed by atoms with Crippen molar-refractivity contribution in [1.82, 2.24) is 10.6 Å². The zero-order valence-electron chi connectivity index (χ0n) is 10.2. The molecule has 0 unspecified atom stereocenters. The Morgan fingerprint density at radius 3 is 2.38 bits per heavy atom. The monoisotopic (exact) mass is 226 g/mol. The lowest BCUT2D eigenvalue weighted by Crippen LogP contribution is -2.69. The maximum absolute atomic E-state index is 10.8. The molecule has 3 N–H and O–H groups in total. The summed E-state index contributed by atoms with van der Waals surface area (Å²) >= 11 is 0. The SMILES string of the molecule is CC(C)C1(CNC2(CC(=O)O)CNC2)CC1. The number of carboxylic acid groups (broad SMARTS) is 1. The molecule has 16 heavy (non-hydrogen) atoms. The molecule has 0 atom stereocenters. The quantitative estimate of drug-likeness (QED) is 0.628. The van der Waals surface area contributed by atoms with Gasteiger partial charge in [-0.3, -0.25) is 4.79 Å². The molecular weight excluding hydrogens is 204 g/mol. The third kappa shape index (κ3) is 2.23. The van der Waals surface area contributed by atoms with Gasteiger partial charge in [-0.2, -0.15) is 0 Å². The van der Waals surface area contributed by atoms with Gasteiger partial charge in [-0.05, 0) is 24.2 Å². The first-order valence-electron chi connectivity index (χ1n) is 6.16. The Kier molecular flexibility index (Phi) is 2.97. The molecule has 4 heteroatoms. The Hall–Kier alpha value is -0.610. The Balaban J connectivity index is 1.86. The highest BCUT2D eigenvalue weighted by molar-refractivity contribution is 5.68. The van der Waals surface area contributed by atoms with Crippen LogP contribution in [-0.2, 0) is 4.79 Å². The maximum atomic E-state index is 10.8. The van der Waals surface area contributed by atoms with E-state index in [-0.39, 0.29) is 12.0 Å². The molecule has 0 amide bonds. The molecule has 92 valence electrons. The van der Waals surface area contributed by atoms with Crippen molar-refractivity contribution >= 4 is 5.97 Å². The van der Waals surface area contributed by atoms with Crippen molar-refractivity contribution in [2.45, 2.75) is 38.6 Å². The second kappa shape index (κ2) is 4.00. The van der Waals surface area contributed by atoms with E-state index in [0.717, 1.165) is 19.6 Å². The summed E-state index contributed by atoms with van der Waals surface area (Å²) in [7, 11) is 0. The number of aliphatic carboxylic acids is 1. The summed E-state index contributed by atoms with van der Waals surface area (Å²) in [6, 6.07) is 0. The number of nitrogens with one attached hydrogen (secondary N) is 2. The predicted octanol–water partition coefficient (Wildman–Crippen LogP) is 0.829. The number of hydrogen-bond acceptors (Lipinski definition) is 3. The predicted molar refractivity (Wildman–Crippen MR) is 62.4 cm³/mol. The van der Waals surface area contributed by atoms with Crippen molar-refractivity contribution in [3.63, 3.8) is 0 Å². The van der Waals surface area contributed by atoms with Crippen molar-refractivity contribution in [2.24, 2.45) is 11.3 Å². The molecule has 2 fully saturated rings. The topological polar surface area (TPSA) is 61.4 Å². The van der Waals surface area contributed by atoms with Crippen LogP contribution < -0.4 is 10.6 Å². The zero-order chi connectivity index (χ0) is 11.8. The highest BCUT2D eigenvalue weighted by Gasteiger charge is 2.48. The number of carboxylic acids is 1. The van der Waals surface area contributed by atoms with E-state index in [4.69, 9.17) is 5.11 Å². The fourth-order valence-corrected chi connectivity index (χ4v) is 2.51. The minimum Gasteiger partial charge on any atom is -0.481 e. The van der Waals surface area contributed by atoms with Gasteiger partial charge in [0.25, 0.3) is 0 Å². The van der Waals surface area contributed by atoms with Crippen molar-refractivity contribution in [3.8, 4) is 0 Å². The normalized spacial score (nSPS) is 25.2. The molecule has 2 rings (SSSR count). The maximum Gasteiger partial charge on any atom is 0.305 e. The average molecular weight is 226 g/mol. The van der Waals surface area contributed by atoms with Gasteiger partial charge in [0, 0.05) is 19.6 Å². The van der Waals surface area contributed by atoms with E-state index in [1.807, 2.05) is 0 Å². The van der Waals surface area contributed by atoms with Crippen molar-refractivity contribution in [1.29, 1.82) is 0 Å². The first-order chi connectivity index (χ1) is 7.48. The molecule has 1 saturated heterocycles. The van der Waals surface area contributed by atoms with Gasteiger partial charge in [-0.25, -0.2) is 0 Å². The summed E-state index contributed by atoms with van der Waals surface area (Å²) in [6.07, 6.45) is 2.80. The highest BCUT2D eigenvalue weighted by atomic mass is 16.4. The smallest absolute Gasteiger partial charge is 0.305 e. The Morgan fingerprint density at radius 1 is 1.44 bits per heavy atom. The van der Waals surface area contributed by atoms with Crippen LogP contribution in [0.1, 0.15) is 33.1 Å². The number of carbonyl (C=O) groups is 1. The third-order valence-corrected chi connectivity index (χ3v) is 4.35. The van der Waals surface area contributed by atoms with Crippen molar-refractivity contribution < 1.29 is 9.90 Å². The highest BCUT2D eigenvalue weighted by Crippen LogP contribution is 2.51. The van der Waals surface area contributed by atoms with Gasteiger partial charge < -0.3 is 15.7 Å². The van der Waals surface area contributed by atoms with Gasteiger partial charge in [0.2, 0.25) is 0 Å². The van der Waals surface area contributed by atoms with Gasteiger partial charge in [0.15, 0.2) is 0 Å². The first-order valence-corrected chi connectivity index (χ1v) is 6.16. The summed E-state index contributed by atoms with van der Waals surface area (Å²) in [5.74, 6) is -0.0155. The van der Waals surface area contributed by atoms with E-state index in [0.29, 0.717) is 11.3 Å². The number of rotatable bonds is 6. The molecule has 0 aromatic heterocycles. The van der Waals surface area contributed by atoms with Crippen LogP contribution in [0, 0.1) is 11.3 Å². The molecule has 0 aromatic rings. The van der Waals surface area contributed by atoms with Gasteiger partial charge in [0.05, 0.1) is 12.0 Å². The van der Waals surface area contributed by atoms with E-state index >= 15 is 0 Å². The van der Waals surface area contributed by atoms with Crippen LogP contribution in [0.2, 0.25) is 0 Å². The van der Waals surface area contributed by atoms with Crippen LogP contribution in [-0.4, -0.2) is 36.2 Å². The van der Waals surface area contributed by atoms with Gasteiger partial charge in [0.1, 0.15) is 0 Å². The molecule has 0 bridgehead atoms. The van der Waals surface area contributed by atoms with Gasteiger partial charge >= 0.3 is 5.97 Å². The molecule has 1 saturated carbocycles. The zero-order valence-corrected chi connectivity index (χ0v) is 10.2. The van der Waals surface area contributed by atoms with E-state index < -0.39 is 5.97 Å². The lowest BCUT2D eigenvalue weighted by Gasteiger charge is -2.43. The van der Waals surface area contributed by atoms with E-state index in [9.17, 15) is 4.79 Å². The number of hydrogen-bond donors (Lipinski definition) is 3. The lowest BCUT2D eigenvalue weighted by molar-refractivity contribution is -0.139. The summed E-state index contributed by atoms with van der Waals surface area (Å²) in [5.41, 5.74) is 0.261. The van der Waals surface area contributed by atoms with Crippen LogP contribution in [0.3, 0.4) is 0 Å². The van der Waals surface area contributed by atoms with E-state index in [2.05, 4.69) is 24.5 Å². The molecule has 0 aromatic carbocycles. The third-order valence-electron chi connectivity index (χ3n) is 4.35. The molecule has 1 aliphatic carbocycles. The first kappa shape index (κ1) is 11.9. The largest absolute Gasteiger partial charge is 0.481 e. The molecule has 2 aliphatic rings. The van der Waals surface area contributed by atoms with Gasteiger partial charge in [-0.15, -0.1) is 0 Å². The van der Waals surface area contributed by atoms with Crippen LogP contribution in [0.5, 0.6) is 0 Å². The Labute approximate surface area is 96.8 Å². The standard InChI is InChI=1S/C12H22N2O2/c1-9(2)11(3-4-11)6-14-12(5-10(15)16)7-13-8-12/h9,13-14H,3-8H2,1-2H3,(H,15,16). The van der Waals surface area contributed by atoms with E-state index in [1.54, 1.807) is 0 Å². The molecule has 4 nitrogen and oxygen atoms in total. The van der Waals surface area contributed by atoms with Crippen molar-refractivity contribution in [3.05, 3.63) is 0 Å². The summed E-state index contributed by atoms with van der Waals surface area (Å²) in [4.78, 5) is 10.8. The van der Waals surface area contributed by atoms with Gasteiger partial charge in [-0.1, -0.05) is 13.8 Å². The molecule has 0 spiro atoms. The summed E-state index contributed by atoms with van der Waals surface area (Å²) in [6.45, 7) is 7.07. The fourth-order valence-electron chi connectivity index (χ4n) is 2.51. The second-order valence-electron chi connectivity index (χ2n) is 5.83. The van der Waals surface area contributed by atoms with Crippen LogP contribution in [0.25, 0.3) is 0 Å². The minimum atomic E-state index is -0.705. The minimum absolute atomic E-state index is 0.184. The van der Waals surface area contributed by atoms with Crippen molar-refractivity contribution in [2.75, 3.05) is 19.6 Å². The second-order valence-corrected chi connectivity index (χ2v) is 5.83. The molecular formula is C12H22N2O2. The molecule has 1 heterocycles. The fraction of sp³-hybridized carbons (Fsp3) is 0.917. The molecule has 1 aliphatic heterocycles. The summed E-state index contributed by atoms with van der Waals surface area (Å²) in [5, 5.41) is 15.6. The summed E-state index contributed by atoms with van der Waals surface area (Å²) < 4.78 is 0. The lowest BCUT2D eigenvalue weighted by atomic mass is 9.85. The Morgan fingerprint density at radius 2 is 2.06 bits per heavy atom. The molecule has 0 radical (unpaired) electrons. The van der Waals surface area contributed by atoms with Crippen LogP contribution >= 0.6 is 0 Å². The van der Waals surface area contributed by atoms with Crippen LogP contribution in [0.15, 0.2) is 0 Å².